The quantitative estimate of drug-likeness (QED) is 0.620. The first-order valence-corrected chi connectivity index (χ1v) is 10.8. The van der Waals surface area contributed by atoms with Crippen LogP contribution in [0.15, 0.2) is 78.9 Å². The Labute approximate surface area is 186 Å². The minimum atomic E-state index is -0.283. The van der Waals surface area contributed by atoms with Crippen molar-refractivity contribution in [2.45, 2.75) is 18.9 Å². The Morgan fingerprint density at radius 1 is 0.844 bits per heavy atom. The molecule has 0 aromatic heterocycles. The third kappa shape index (κ3) is 3.54. The van der Waals surface area contributed by atoms with Crippen LogP contribution in [0.25, 0.3) is 0 Å². The number of fused-ring (bicyclic) bond motifs is 2. The Balaban J connectivity index is 1.28. The summed E-state index contributed by atoms with van der Waals surface area (Å²) >= 11 is 0. The molecule has 160 valence electrons. The second kappa shape index (κ2) is 8.30. The van der Waals surface area contributed by atoms with Crippen LogP contribution < -0.4 is 10.2 Å². The zero-order valence-corrected chi connectivity index (χ0v) is 17.5. The lowest BCUT2D eigenvalue weighted by Crippen LogP contribution is -2.41. The van der Waals surface area contributed by atoms with Gasteiger partial charge < -0.3 is 10.2 Å². The summed E-state index contributed by atoms with van der Waals surface area (Å²) in [5, 5.41) is 3.53. The van der Waals surface area contributed by atoms with E-state index in [0.29, 0.717) is 24.1 Å². The topological polar surface area (TPSA) is 69.7 Å². The van der Waals surface area contributed by atoms with Crippen molar-refractivity contribution in [2.75, 3.05) is 23.3 Å². The third-order valence-electron chi connectivity index (χ3n) is 6.04. The third-order valence-corrected chi connectivity index (χ3v) is 6.04. The fraction of sp³-hybridized carbons (Fsp3) is 0.192. The average Bonchev–Trinajstić information content (AvgIpc) is 3.09. The van der Waals surface area contributed by atoms with Gasteiger partial charge in [-0.1, -0.05) is 54.6 Å². The molecule has 32 heavy (non-hydrogen) atoms. The summed E-state index contributed by atoms with van der Waals surface area (Å²) in [5.41, 5.74) is 3.76. The molecule has 3 aromatic rings. The van der Waals surface area contributed by atoms with E-state index in [0.717, 1.165) is 16.9 Å². The molecule has 2 aliphatic rings. The molecule has 0 saturated heterocycles. The van der Waals surface area contributed by atoms with Crippen molar-refractivity contribution in [3.8, 4) is 0 Å². The smallest absolute Gasteiger partial charge is 0.261 e. The van der Waals surface area contributed by atoms with Crippen LogP contribution in [0.4, 0.5) is 11.4 Å². The Kier molecular flexibility index (Phi) is 5.19. The number of carbonyl (C=O) groups is 3. The first-order chi connectivity index (χ1) is 15.6. The maximum atomic E-state index is 13.2. The van der Waals surface area contributed by atoms with E-state index in [-0.39, 0.29) is 36.7 Å². The van der Waals surface area contributed by atoms with Crippen molar-refractivity contribution >= 4 is 29.1 Å². The van der Waals surface area contributed by atoms with Gasteiger partial charge in [0.15, 0.2) is 0 Å². The van der Waals surface area contributed by atoms with Crippen LogP contribution in [0.3, 0.4) is 0 Å². The van der Waals surface area contributed by atoms with Gasteiger partial charge in [0.25, 0.3) is 11.8 Å². The largest absolute Gasteiger partial charge is 0.375 e. The van der Waals surface area contributed by atoms with Crippen LogP contribution in [-0.2, 0) is 4.79 Å². The Bertz CT molecular complexity index is 1160. The van der Waals surface area contributed by atoms with Gasteiger partial charge in [0.1, 0.15) is 0 Å². The van der Waals surface area contributed by atoms with Crippen molar-refractivity contribution in [1.29, 1.82) is 0 Å². The zero-order valence-electron chi connectivity index (χ0n) is 17.5. The number of nitrogens with one attached hydrogen (secondary N) is 1. The monoisotopic (exact) mass is 425 g/mol. The van der Waals surface area contributed by atoms with E-state index in [1.54, 1.807) is 24.3 Å². The van der Waals surface area contributed by atoms with E-state index in [1.807, 2.05) is 47.4 Å². The van der Waals surface area contributed by atoms with E-state index in [4.69, 9.17) is 0 Å². The van der Waals surface area contributed by atoms with E-state index < -0.39 is 0 Å². The molecule has 0 fully saturated rings. The minimum Gasteiger partial charge on any atom is -0.375 e. The van der Waals surface area contributed by atoms with Crippen molar-refractivity contribution in [1.82, 2.24) is 4.90 Å². The van der Waals surface area contributed by atoms with Crippen LogP contribution in [0.2, 0.25) is 0 Å². The fourth-order valence-electron chi connectivity index (χ4n) is 4.42. The summed E-state index contributed by atoms with van der Waals surface area (Å²) in [4.78, 5) is 41.4. The maximum Gasteiger partial charge on any atom is 0.261 e. The molecule has 5 rings (SSSR count). The minimum absolute atomic E-state index is 0.00807. The second-order valence-electron chi connectivity index (χ2n) is 8.04. The summed E-state index contributed by atoms with van der Waals surface area (Å²) in [6, 6.07) is 24.7. The number of anilines is 2. The first-order valence-electron chi connectivity index (χ1n) is 10.8. The van der Waals surface area contributed by atoms with E-state index >= 15 is 0 Å². The molecule has 3 amide bonds. The summed E-state index contributed by atoms with van der Waals surface area (Å²) in [5.74, 6) is -0.582. The maximum absolute atomic E-state index is 13.2. The predicted molar refractivity (Wildman–Crippen MR) is 123 cm³/mol. The molecule has 1 N–H and O–H groups in total. The van der Waals surface area contributed by atoms with Crippen LogP contribution >= 0.6 is 0 Å². The lowest BCUT2D eigenvalue weighted by atomic mass is 10.0. The molecule has 2 aliphatic heterocycles. The highest BCUT2D eigenvalue weighted by Crippen LogP contribution is 2.36. The zero-order chi connectivity index (χ0) is 22.1. The molecule has 0 saturated carbocycles. The molecule has 1 unspecified atom stereocenters. The first kappa shape index (κ1) is 20.0. The molecule has 0 radical (unpaired) electrons. The van der Waals surface area contributed by atoms with Gasteiger partial charge in [0.2, 0.25) is 5.91 Å². The Morgan fingerprint density at radius 3 is 2.19 bits per heavy atom. The Morgan fingerprint density at radius 2 is 1.47 bits per heavy atom. The van der Waals surface area contributed by atoms with Crippen LogP contribution in [0, 0.1) is 0 Å². The number of benzene rings is 3. The number of carbonyl (C=O) groups excluding carboxylic acids is 3. The summed E-state index contributed by atoms with van der Waals surface area (Å²) in [7, 11) is 0. The molecule has 0 spiro atoms. The summed E-state index contributed by atoms with van der Waals surface area (Å²) in [6.07, 6.45) is 0.676. The van der Waals surface area contributed by atoms with Gasteiger partial charge in [0, 0.05) is 13.0 Å². The molecule has 6 nitrogen and oxygen atoms in total. The molecule has 6 heteroatoms. The van der Waals surface area contributed by atoms with E-state index in [1.165, 1.54) is 4.90 Å². The molecule has 3 aromatic carbocycles. The number of rotatable bonds is 5. The van der Waals surface area contributed by atoms with Crippen molar-refractivity contribution < 1.29 is 14.4 Å². The molecular weight excluding hydrogens is 402 g/mol. The number of hydrogen-bond donors (Lipinski definition) is 1. The predicted octanol–water partition coefficient (Wildman–Crippen LogP) is 4.26. The van der Waals surface area contributed by atoms with Gasteiger partial charge in [-0.25, -0.2) is 0 Å². The van der Waals surface area contributed by atoms with E-state index in [2.05, 4.69) is 17.4 Å². The van der Waals surface area contributed by atoms with Gasteiger partial charge in [-0.15, -0.1) is 0 Å². The SMILES string of the molecule is O=C1c2ccccc2C(=O)N1CCCC(=O)N1CC(c2ccccc2)Nc2ccccc21. The lowest BCUT2D eigenvalue weighted by Gasteiger charge is -2.36. The number of imide groups is 1. The van der Waals surface area contributed by atoms with Crippen molar-refractivity contribution in [2.24, 2.45) is 0 Å². The number of nitrogens with zero attached hydrogens (tertiary/aromatic N) is 2. The van der Waals surface area contributed by atoms with Crippen LogP contribution in [0.1, 0.15) is 45.2 Å². The normalized spacial score (nSPS) is 17.1. The fourth-order valence-corrected chi connectivity index (χ4v) is 4.42. The molecular formula is C26H23N3O3. The highest BCUT2D eigenvalue weighted by Gasteiger charge is 2.35. The van der Waals surface area contributed by atoms with E-state index in [9.17, 15) is 14.4 Å². The second-order valence-corrected chi connectivity index (χ2v) is 8.04. The van der Waals surface area contributed by atoms with Gasteiger partial charge in [-0.3, -0.25) is 19.3 Å². The molecule has 0 bridgehead atoms. The lowest BCUT2D eigenvalue weighted by molar-refractivity contribution is -0.118. The number of hydrogen-bond acceptors (Lipinski definition) is 4. The molecule has 2 heterocycles. The van der Waals surface area contributed by atoms with Gasteiger partial charge >= 0.3 is 0 Å². The summed E-state index contributed by atoms with van der Waals surface area (Å²) in [6.45, 7) is 0.751. The highest BCUT2D eigenvalue weighted by atomic mass is 16.2. The van der Waals surface area contributed by atoms with Crippen LogP contribution in [0.5, 0.6) is 0 Å². The number of para-hydroxylation sites is 2. The Hall–Kier alpha value is -3.93. The van der Waals surface area contributed by atoms with Gasteiger partial charge in [0.05, 0.1) is 35.1 Å². The van der Waals surface area contributed by atoms with Gasteiger partial charge in [-0.05, 0) is 36.2 Å². The summed E-state index contributed by atoms with van der Waals surface area (Å²) < 4.78 is 0. The number of amides is 3. The van der Waals surface area contributed by atoms with Crippen LogP contribution in [-0.4, -0.2) is 35.7 Å². The average molecular weight is 425 g/mol. The van der Waals surface area contributed by atoms with Gasteiger partial charge in [-0.2, -0.15) is 0 Å². The van der Waals surface area contributed by atoms with Crippen molar-refractivity contribution in [3.63, 3.8) is 0 Å². The molecule has 0 aliphatic carbocycles. The standard InChI is InChI=1S/C26H23N3O3/c30-24(15-8-16-28-25(31)19-11-4-5-12-20(19)26(28)32)29-17-22(18-9-2-1-3-10-18)27-21-13-6-7-14-23(21)29/h1-7,9-14,22,27H,8,15-17H2. The molecule has 1 atom stereocenters. The van der Waals surface area contributed by atoms with Crippen molar-refractivity contribution in [3.05, 3.63) is 95.6 Å². The highest BCUT2D eigenvalue weighted by molar-refractivity contribution is 6.21.